The lowest BCUT2D eigenvalue weighted by Gasteiger charge is -2.24. The van der Waals surface area contributed by atoms with Crippen LogP contribution in [-0.2, 0) is 24.5 Å². The third kappa shape index (κ3) is 5.16. The van der Waals surface area contributed by atoms with Crippen LogP contribution in [0.3, 0.4) is 0 Å². The first kappa shape index (κ1) is 17.7. The molecule has 2 aromatic rings. The van der Waals surface area contributed by atoms with Crippen molar-refractivity contribution < 1.29 is 14.0 Å². The van der Waals surface area contributed by atoms with Gasteiger partial charge >= 0.3 is 0 Å². The van der Waals surface area contributed by atoms with Gasteiger partial charge in [0.1, 0.15) is 17.3 Å². The van der Waals surface area contributed by atoms with Crippen molar-refractivity contribution in [1.29, 1.82) is 0 Å². The average molecular weight is 333 g/mol. The maximum absolute atomic E-state index is 12.4. The summed E-state index contributed by atoms with van der Waals surface area (Å²) in [6.45, 7) is 3.21. The summed E-state index contributed by atoms with van der Waals surface area (Å²) < 4.78 is 24.7. The van der Waals surface area contributed by atoms with Crippen LogP contribution >= 0.6 is 0 Å². The molecule has 0 aliphatic carbocycles. The third-order valence-corrected chi connectivity index (χ3v) is 4.90. The van der Waals surface area contributed by atoms with Crippen LogP contribution in [0, 0.1) is 0 Å². The summed E-state index contributed by atoms with van der Waals surface area (Å²) in [6.07, 6.45) is 0. The fourth-order valence-electron chi connectivity index (χ4n) is 2.25. The molecule has 0 radical (unpaired) electrons. The van der Waals surface area contributed by atoms with E-state index in [1.165, 1.54) is 0 Å². The van der Waals surface area contributed by atoms with E-state index in [0.29, 0.717) is 18.8 Å². The summed E-state index contributed by atoms with van der Waals surface area (Å²) in [5.41, 5.74) is 2.22. The highest BCUT2D eigenvalue weighted by atomic mass is 32.2. The summed E-state index contributed by atoms with van der Waals surface area (Å²) in [7, 11) is 3.30. The summed E-state index contributed by atoms with van der Waals surface area (Å²) in [4.78, 5) is 0. The SMILES string of the molecule is CC[S+]([O-])N(Cc1ccc(OC)cc1)Cc1ccc(OC)cc1. The first-order chi connectivity index (χ1) is 11.2. The van der Waals surface area contributed by atoms with Crippen LogP contribution in [0.4, 0.5) is 0 Å². The molecule has 0 aliphatic heterocycles. The van der Waals surface area contributed by atoms with Crippen molar-refractivity contribution in [2.45, 2.75) is 20.0 Å². The van der Waals surface area contributed by atoms with Crippen LogP contribution in [-0.4, -0.2) is 28.8 Å². The maximum Gasteiger partial charge on any atom is 0.123 e. The van der Waals surface area contributed by atoms with Crippen LogP contribution < -0.4 is 9.47 Å². The van der Waals surface area contributed by atoms with Crippen LogP contribution in [0.2, 0.25) is 0 Å². The maximum atomic E-state index is 12.4. The largest absolute Gasteiger partial charge is 0.598 e. The molecule has 4 nitrogen and oxygen atoms in total. The Morgan fingerprint density at radius 3 is 1.52 bits per heavy atom. The molecule has 0 bridgehead atoms. The molecule has 0 amide bonds. The minimum atomic E-state index is -1.01. The lowest BCUT2D eigenvalue weighted by atomic mass is 10.2. The first-order valence-corrected chi connectivity index (χ1v) is 8.83. The van der Waals surface area contributed by atoms with Gasteiger partial charge in [-0.1, -0.05) is 24.3 Å². The molecule has 0 spiro atoms. The van der Waals surface area contributed by atoms with Gasteiger partial charge in [0.2, 0.25) is 0 Å². The highest BCUT2D eigenvalue weighted by Gasteiger charge is 2.18. The minimum absolute atomic E-state index is 0.603. The van der Waals surface area contributed by atoms with Crippen molar-refractivity contribution in [2.75, 3.05) is 20.0 Å². The van der Waals surface area contributed by atoms with E-state index in [0.717, 1.165) is 22.6 Å². The predicted octanol–water partition coefficient (Wildman–Crippen LogP) is 3.39. The zero-order valence-corrected chi connectivity index (χ0v) is 14.6. The zero-order valence-electron chi connectivity index (χ0n) is 13.8. The Balaban J connectivity index is 2.08. The van der Waals surface area contributed by atoms with Crippen molar-refractivity contribution in [1.82, 2.24) is 4.31 Å². The van der Waals surface area contributed by atoms with Gasteiger partial charge in [0.15, 0.2) is 0 Å². The van der Waals surface area contributed by atoms with Crippen molar-refractivity contribution >= 4 is 11.4 Å². The van der Waals surface area contributed by atoms with E-state index in [9.17, 15) is 4.55 Å². The number of rotatable bonds is 8. The first-order valence-electron chi connectivity index (χ1n) is 7.55. The van der Waals surface area contributed by atoms with E-state index in [-0.39, 0.29) is 0 Å². The Morgan fingerprint density at radius 2 is 1.22 bits per heavy atom. The van der Waals surface area contributed by atoms with Gasteiger partial charge in [0.05, 0.1) is 27.3 Å². The van der Waals surface area contributed by atoms with Crippen molar-refractivity contribution in [3.05, 3.63) is 59.7 Å². The smallest absolute Gasteiger partial charge is 0.123 e. The van der Waals surface area contributed by atoms with Crippen LogP contribution in [0.25, 0.3) is 0 Å². The standard InChI is InChI=1S/C18H23NO3S/c1-4-23(20)19(13-15-5-9-17(21-2)10-6-15)14-16-7-11-18(22-3)12-8-16/h5-12H,4,13-14H2,1-3H3. The predicted molar refractivity (Wildman–Crippen MR) is 93.9 cm³/mol. The molecule has 0 aliphatic rings. The second-order valence-electron chi connectivity index (χ2n) is 5.10. The molecule has 2 rings (SSSR count). The molecule has 0 saturated heterocycles. The molecule has 0 heterocycles. The number of hydrogen-bond acceptors (Lipinski definition) is 4. The van der Waals surface area contributed by atoms with Gasteiger partial charge in [-0.3, -0.25) is 0 Å². The van der Waals surface area contributed by atoms with Gasteiger partial charge in [-0.15, -0.1) is 4.31 Å². The van der Waals surface area contributed by atoms with Crippen molar-refractivity contribution in [3.8, 4) is 11.5 Å². The molecular formula is C18H23NO3S. The highest BCUT2D eigenvalue weighted by molar-refractivity contribution is 7.89. The third-order valence-electron chi connectivity index (χ3n) is 3.57. The fraction of sp³-hybridized carbons (Fsp3) is 0.333. The molecule has 0 N–H and O–H groups in total. The van der Waals surface area contributed by atoms with Crippen LogP contribution in [0.5, 0.6) is 11.5 Å². The van der Waals surface area contributed by atoms with E-state index in [4.69, 9.17) is 9.47 Å². The van der Waals surface area contributed by atoms with Gasteiger partial charge in [0.25, 0.3) is 0 Å². The monoisotopic (exact) mass is 333 g/mol. The van der Waals surface area contributed by atoms with Gasteiger partial charge in [-0.2, -0.15) is 0 Å². The number of hydrogen-bond donors (Lipinski definition) is 0. The molecule has 0 aromatic heterocycles. The second-order valence-corrected chi connectivity index (χ2v) is 6.84. The summed E-state index contributed by atoms with van der Waals surface area (Å²) in [5.74, 6) is 2.26. The molecule has 0 saturated carbocycles. The molecule has 1 unspecified atom stereocenters. The van der Waals surface area contributed by atoms with Crippen LogP contribution in [0.15, 0.2) is 48.5 Å². The van der Waals surface area contributed by atoms with Gasteiger partial charge < -0.3 is 14.0 Å². The minimum Gasteiger partial charge on any atom is -0.598 e. The van der Waals surface area contributed by atoms with E-state index in [2.05, 4.69) is 0 Å². The quantitative estimate of drug-likeness (QED) is 0.695. The topological polar surface area (TPSA) is 44.8 Å². The number of nitrogens with zero attached hydrogens (tertiary/aromatic N) is 1. The van der Waals surface area contributed by atoms with Gasteiger partial charge in [-0.25, -0.2) is 0 Å². The molecular weight excluding hydrogens is 310 g/mol. The fourth-order valence-corrected chi connectivity index (χ4v) is 3.20. The molecule has 5 heteroatoms. The Labute approximate surface area is 141 Å². The van der Waals surface area contributed by atoms with Gasteiger partial charge in [0, 0.05) is 11.4 Å². The van der Waals surface area contributed by atoms with E-state index >= 15 is 0 Å². The summed E-state index contributed by atoms with van der Waals surface area (Å²) in [6, 6.07) is 15.7. The Morgan fingerprint density at radius 1 is 0.826 bits per heavy atom. The molecule has 23 heavy (non-hydrogen) atoms. The molecule has 2 aromatic carbocycles. The summed E-state index contributed by atoms with van der Waals surface area (Å²) in [5, 5.41) is 0. The van der Waals surface area contributed by atoms with E-state index < -0.39 is 11.4 Å². The highest BCUT2D eigenvalue weighted by Crippen LogP contribution is 2.19. The number of benzene rings is 2. The number of methoxy groups -OCH3 is 2. The van der Waals surface area contributed by atoms with Crippen molar-refractivity contribution in [3.63, 3.8) is 0 Å². The molecule has 0 fully saturated rings. The van der Waals surface area contributed by atoms with E-state index in [1.54, 1.807) is 14.2 Å². The second kappa shape index (κ2) is 8.82. The Bertz CT molecular complexity index is 537. The average Bonchev–Trinajstić information content (AvgIpc) is 2.61. The van der Waals surface area contributed by atoms with Crippen LogP contribution in [0.1, 0.15) is 18.1 Å². The zero-order chi connectivity index (χ0) is 16.7. The van der Waals surface area contributed by atoms with Crippen molar-refractivity contribution in [2.24, 2.45) is 0 Å². The lowest BCUT2D eigenvalue weighted by Crippen LogP contribution is -2.31. The normalized spacial score (nSPS) is 12.2. The number of ether oxygens (including phenoxy) is 2. The molecule has 124 valence electrons. The summed E-state index contributed by atoms with van der Waals surface area (Å²) >= 11 is -1.01. The Hall–Kier alpha value is -1.69. The molecule has 1 atom stereocenters. The van der Waals surface area contributed by atoms with Gasteiger partial charge in [-0.05, 0) is 42.3 Å². The Kier molecular flexibility index (Phi) is 6.77. The van der Waals surface area contributed by atoms with E-state index in [1.807, 2.05) is 59.8 Å². The lowest BCUT2D eigenvalue weighted by molar-refractivity contribution is 0.398.